The fourth-order valence-electron chi connectivity index (χ4n) is 2.50. The van der Waals surface area contributed by atoms with Crippen LogP contribution in [0.4, 0.5) is 19.3 Å². The summed E-state index contributed by atoms with van der Waals surface area (Å²) >= 11 is 0. The fourth-order valence-corrected chi connectivity index (χ4v) is 2.50. The monoisotopic (exact) mass is 283 g/mol. The highest BCUT2D eigenvalue weighted by atomic mass is 19.1. The van der Waals surface area contributed by atoms with Crippen LogP contribution in [0, 0.1) is 11.6 Å². The Bertz CT molecular complexity index is 485. The highest BCUT2D eigenvalue weighted by molar-refractivity contribution is 5.89. The summed E-state index contributed by atoms with van der Waals surface area (Å²) in [6.45, 7) is 4.07. The van der Waals surface area contributed by atoms with E-state index >= 15 is 0 Å². The first-order chi connectivity index (χ1) is 9.47. The van der Waals surface area contributed by atoms with E-state index in [2.05, 4.69) is 10.7 Å². The van der Waals surface area contributed by atoms with E-state index in [-0.39, 0.29) is 17.8 Å². The number of rotatable bonds is 2. The Morgan fingerprint density at radius 2 is 1.90 bits per heavy atom. The Kier molecular flexibility index (Phi) is 4.54. The van der Waals surface area contributed by atoms with Gasteiger partial charge in [-0.05, 0) is 38.8 Å². The second kappa shape index (κ2) is 6.17. The first-order valence-electron chi connectivity index (χ1n) is 6.78. The Morgan fingerprint density at radius 1 is 1.25 bits per heavy atom. The van der Waals surface area contributed by atoms with Gasteiger partial charge in [-0.3, -0.25) is 5.43 Å². The van der Waals surface area contributed by atoms with Gasteiger partial charge in [0, 0.05) is 18.2 Å². The van der Waals surface area contributed by atoms with E-state index in [9.17, 15) is 13.6 Å². The molecule has 1 aliphatic rings. The number of nitrogens with zero attached hydrogens (tertiary/aromatic N) is 1. The lowest BCUT2D eigenvalue weighted by Crippen LogP contribution is -2.55. The van der Waals surface area contributed by atoms with Gasteiger partial charge in [0.25, 0.3) is 0 Å². The molecule has 1 heterocycles. The normalized spacial score (nSPS) is 23.4. The summed E-state index contributed by atoms with van der Waals surface area (Å²) in [5.41, 5.74) is 2.69. The number of benzene rings is 1. The van der Waals surface area contributed by atoms with Crippen molar-refractivity contribution in [1.29, 1.82) is 0 Å². The summed E-state index contributed by atoms with van der Waals surface area (Å²) < 4.78 is 26.2. The maximum absolute atomic E-state index is 13.4. The van der Waals surface area contributed by atoms with Crippen LogP contribution < -0.4 is 10.7 Å². The van der Waals surface area contributed by atoms with E-state index < -0.39 is 17.7 Å². The molecule has 1 aromatic carbocycles. The molecule has 0 radical (unpaired) electrons. The third-order valence-corrected chi connectivity index (χ3v) is 3.60. The first-order valence-corrected chi connectivity index (χ1v) is 6.78. The molecule has 1 saturated heterocycles. The molecule has 2 atom stereocenters. The van der Waals surface area contributed by atoms with Gasteiger partial charge in [0.05, 0.1) is 5.69 Å². The zero-order valence-corrected chi connectivity index (χ0v) is 11.6. The van der Waals surface area contributed by atoms with Crippen molar-refractivity contribution in [1.82, 2.24) is 10.4 Å². The molecule has 20 heavy (non-hydrogen) atoms. The van der Waals surface area contributed by atoms with E-state index in [4.69, 9.17) is 0 Å². The number of hydrogen-bond acceptors (Lipinski definition) is 2. The predicted octanol–water partition coefficient (Wildman–Crippen LogP) is 3.26. The Balaban J connectivity index is 1.98. The van der Waals surface area contributed by atoms with Gasteiger partial charge in [-0.15, -0.1) is 0 Å². The highest BCUT2D eigenvalue weighted by Gasteiger charge is 2.26. The summed E-state index contributed by atoms with van der Waals surface area (Å²) in [6, 6.07) is 3.00. The van der Waals surface area contributed by atoms with Crippen molar-refractivity contribution in [3.63, 3.8) is 0 Å². The van der Waals surface area contributed by atoms with E-state index in [1.54, 1.807) is 0 Å². The molecule has 0 bridgehead atoms. The highest BCUT2D eigenvalue weighted by Crippen LogP contribution is 2.20. The fraction of sp³-hybridized carbons (Fsp3) is 0.500. The summed E-state index contributed by atoms with van der Waals surface area (Å²) in [7, 11) is 0. The van der Waals surface area contributed by atoms with Gasteiger partial charge >= 0.3 is 6.03 Å². The van der Waals surface area contributed by atoms with Crippen molar-refractivity contribution in [3.05, 3.63) is 29.8 Å². The molecule has 0 aliphatic carbocycles. The number of carbonyl (C=O) groups excluding carboxylic acids is 1. The average molecular weight is 283 g/mol. The summed E-state index contributed by atoms with van der Waals surface area (Å²) in [6.07, 6.45) is 3.15. The minimum Gasteiger partial charge on any atom is -0.304 e. The van der Waals surface area contributed by atoms with Gasteiger partial charge < -0.3 is 5.32 Å². The number of amides is 2. The zero-order valence-electron chi connectivity index (χ0n) is 11.6. The van der Waals surface area contributed by atoms with Crippen LogP contribution in [0.25, 0.3) is 0 Å². The molecule has 2 amide bonds. The van der Waals surface area contributed by atoms with Crippen LogP contribution in [0.2, 0.25) is 0 Å². The van der Waals surface area contributed by atoms with Gasteiger partial charge in [-0.25, -0.2) is 18.6 Å². The van der Waals surface area contributed by atoms with E-state index in [0.717, 1.165) is 31.4 Å². The van der Waals surface area contributed by atoms with Gasteiger partial charge in [0.15, 0.2) is 0 Å². The second-order valence-corrected chi connectivity index (χ2v) is 5.23. The quantitative estimate of drug-likeness (QED) is 0.875. The van der Waals surface area contributed by atoms with Crippen LogP contribution in [-0.2, 0) is 0 Å². The Hall–Kier alpha value is -1.69. The number of hydrazine groups is 1. The number of nitrogens with one attached hydrogen (secondary N) is 2. The number of anilines is 1. The van der Waals surface area contributed by atoms with Gasteiger partial charge in [-0.1, -0.05) is 6.42 Å². The molecular weight excluding hydrogens is 264 g/mol. The van der Waals surface area contributed by atoms with Crippen molar-refractivity contribution < 1.29 is 13.6 Å². The molecular formula is C14H19F2N3O. The standard InChI is InChI=1S/C14H19F2N3O/c1-9-4-3-5-10(2)19(9)18-14(20)17-13-7-6-11(15)8-12(13)16/h6-10H,3-5H2,1-2H3,(H2,17,18,20)/t9-,10-/m0/s1. The summed E-state index contributed by atoms with van der Waals surface area (Å²) in [5, 5.41) is 4.27. The van der Waals surface area contributed by atoms with Crippen LogP contribution >= 0.6 is 0 Å². The van der Waals surface area contributed by atoms with Gasteiger partial charge in [0.2, 0.25) is 0 Å². The number of carbonyl (C=O) groups is 1. The lowest BCUT2D eigenvalue weighted by atomic mass is 10.00. The largest absolute Gasteiger partial charge is 0.333 e. The van der Waals surface area contributed by atoms with Gasteiger partial charge in [0.1, 0.15) is 11.6 Å². The smallest absolute Gasteiger partial charge is 0.304 e. The number of hydrogen-bond donors (Lipinski definition) is 2. The maximum atomic E-state index is 13.4. The second-order valence-electron chi connectivity index (χ2n) is 5.23. The molecule has 0 unspecified atom stereocenters. The molecule has 4 nitrogen and oxygen atoms in total. The third-order valence-electron chi connectivity index (χ3n) is 3.60. The van der Waals surface area contributed by atoms with Gasteiger partial charge in [-0.2, -0.15) is 0 Å². The van der Waals surface area contributed by atoms with Crippen molar-refractivity contribution in [3.8, 4) is 0 Å². The summed E-state index contributed by atoms with van der Waals surface area (Å²) in [4.78, 5) is 11.9. The number of piperidine rings is 1. The minimum atomic E-state index is -0.792. The molecule has 2 rings (SSSR count). The SMILES string of the molecule is C[C@H]1CCC[C@H](C)N1NC(=O)Nc1ccc(F)cc1F. The molecule has 110 valence electrons. The maximum Gasteiger partial charge on any atom is 0.333 e. The van der Waals surface area contributed by atoms with E-state index in [1.165, 1.54) is 6.07 Å². The average Bonchev–Trinajstić information content (AvgIpc) is 2.37. The van der Waals surface area contributed by atoms with Crippen LogP contribution in [0.3, 0.4) is 0 Å². The van der Waals surface area contributed by atoms with Crippen molar-refractivity contribution in [2.75, 3.05) is 5.32 Å². The third kappa shape index (κ3) is 3.45. The van der Waals surface area contributed by atoms with Crippen molar-refractivity contribution in [2.45, 2.75) is 45.2 Å². The first kappa shape index (κ1) is 14.7. The van der Waals surface area contributed by atoms with E-state index in [1.807, 2.05) is 18.9 Å². The predicted molar refractivity (Wildman–Crippen MR) is 73.1 cm³/mol. The van der Waals surface area contributed by atoms with Crippen LogP contribution in [0.1, 0.15) is 33.1 Å². The van der Waals surface area contributed by atoms with Crippen molar-refractivity contribution >= 4 is 11.7 Å². The lowest BCUT2D eigenvalue weighted by Gasteiger charge is -2.38. The summed E-state index contributed by atoms with van der Waals surface area (Å²) in [5.74, 6) is -1.47. The van der Waals surface area contributed by atoms with Crippen LogP contribution in [0.15, 0.2) is 18.2 Å². The van der Waals surface area contributed by atoms with Crippen LogP contribution in [0.5, 0.6) is 0 Å². The van der Waals surface area contributed by atoms with Crippen LogP contribution in [-0.4, -0.2) is 23.1 Å². The topological polar surface area (TPSA) is 44.4 Å². The minimum absolute atomic E-state index is 0.0405. The van der Waals surface area contributed by atoms with E-state index in [0.29, 0.717) is 0 Å². The zero-order chi connectivity index (χ0) is 14.7. The molecule has 2 N–H and O–H groups in total. The molecule has 6 heteroatoms. The molecule has 1 aromatic rings. The molecule has 0 spiro atoms. The number of halogens is 2. The Morgan fingerprint density at radius 3 is 2.50 bits per heavy atom. The number of urea groups is 1. The molecule has 1 fully saturated rings. The Labute approximate surface area is 117 Å². The van der Waals surface area contributed by atoms with Crippen molar-refractivity contribution in [2.24, 2.45) is 0 Å². The molecule has 0 saturated carbocycles. The molecule has 0 aromatic heterocycles. The lowest BCUT2D eigenvalue weighted by molar-refractivity contribution is 0.0625. The molecule has 1 aliphatic heterocycles.